The molecule has 0 aromatic heterocycles. The topological polar surface area (TPSA) is 41.6 Å². The molecule has 0 radical (unpaired) electrons. The lowest BCUT2D eigenvalue weighted by Gasteiger charge is -2.29. The molecule has 4 nitrogen and oxygen atoms in total. The number of ether oxygens (including phenoxy) is 1. The number of halogens is 3. The van der Waals surface area contributed by atoms with Crippen LogP contribution in [-0.4, -0.2) is 36.4 Å². The van der Waals surface area contributed by atoms with Crippen LogP contribution in [0.25, 0.3) is 0 Å². The van der Waals surface area contributed by atoms with Crippen molar-refractivity contribution in [2.75, 3.05) is 13.1 Å². The van der Waals surface area contributed by atoms with Crippen molar-refractivity contribution in [3.05, 3.63) is 23.5 Å². The first-order valence-corrected chi connectivity index (χ1v) is 6.06. The Morgan fingerprint density at radius 3 is 2.95 bits per heavy atom. The summed E-state index contributed by atoms with van der Waals surface area (Å²) in [6.07, 6.45) is -2.68. The molecular weight excluding hydrogens is 261 g/mol. The molecule has 0 aliphatic carbocycles. The lowest BCUT2D eigenvalue weighted by atomic mass is 10.0. The number of alkyl halides is 3. The first kappa shape index (κ1) is 13.8. The molecular formula is C12H15F3N2O2. The molecule has 0 saturated heterocycles. The third-order valence-corrected chi connectivity index (χ3v) is 3.11. The van der Waals surface area contributed by atoms with Crippen molar-refractivity contribution in [2.45, 2.75) is 32.0 Å². The van der Waals surface area contributed by atoms with Crippen LogP contribution in [0.5, 0.6) is 0 Å². The Bertz CT molecular complexity index is 429. The second kappa shape index (κ2) is 5.14. The van der Waals surface area contributed by atoms with Crippen LogP contribution in [-0.2, 0) is 4.74 Å². The van der Waals surface area contributed by atoms with Gasteiger partial charge in [-0.3, -0.25) is 4.90 Å². The van der Waals surface area contributed by atoms with Crippen LogP contribution in [0.2, 0.25) is 0 Å². The molecule has 0 aromatic carbocycles. The summed E-state index contributed by atoms with van der Waals surface area (Å²) in [6.45, 7) is 1.97. The second-order valence-electron chi connectivity index (χ2n) is 4.56. The summed E-state index contributed by atoms with van der Waals surface area (Å²) >= 11 is 0. The van der Waals surface area contributed by atoms with Gasteiger partial charge in [0.1, 0.15) is 0 Å². The zero-order chi connectivity index (χ0) is 14.0. The summed E-state index contributed by atoms with van der Waals surface area (Å²) in [6, 6.07) is 0. The molecule has 0 saturated carbocycles. The molecule has 7 heteroatoms. The predicted molar refractivity (Wildman–Crippen MR) is 62.1 cm³/mol. The fourth-order valence-electron chi connectivity index (χ4n) is 1.96. The van der Waals surface area contributed by atoms with Gasteiger partial charge >= 0.3 is 12.3 Å². The molecule has 2 heterocycles. The summed E-state index contributed by atoms with van der Waals surface area (Å²) < 4.78 is 41.3. The first-order chi connectivity index (χ1) is 8.88. The third kappa shape index (κ3) is 3.21. The van der Waals surface area contributed by atoms with Crippen molar-refractivity contribution in [3.63, 3.8) is 0 Å². The number of nitrogens with zero attached hydrogens (tertiary/aromatic N) is 1. The van der Waals surface area contributed by atoms with E-state index in [1.165, 1.54) is 6.20 Å². The van der Waals surface area contributed by atoms with Gasteiger partial charge in [-0.15, -0.1) is 0 Å². The molecule has 106 valence electrons. The SMILES string of the molecule is CC(OC(=O)N1C=CC2=C(CCCN2)C1)C(F)(F)F. The summed E-state index contributed by atoms with van der Waals surface area (Å²) in [7, 11) is 0. The lowest BCUT2D eigenvalue weighted by Crippen LogP contribution is -2.39. The lowest BCUT2D eigenvalue weighted by molar-refractivity contribution is -0.199. The maximum atomic E-state index is 12.3. The molecule has 19 heavy (non-hydrogen) atoms. The fraction of sp³-hybridized carbons (Fsp3) is 0.583. The highest BCUT2D eigenvalue weighted by Gasteiger charge is 2.40. The van der Waals surface area contributed by atoms with E-state index in [0.29, 0.717) is 0 Å². The van der Waals surface area contributed by atoms with Gasteiger partial charge in [-0.2, -0.15) is 13.2 Å². The molecule has 0 aromatic rings. The van der Waals surface area contributed by atoms with E-state index < -0.39 is 18.4 Å². The van der Waals surface area contributed by atoms with Gasteiger partial charge in [-0.1, -0.05) is 0 Å². The van der Waals surface area contributed by atoms with Gasteiger partial charge in [-0.25, -0.2) is 4.79 Å². The highest BCUT2D eigenvalue weighted by Crippen LogP contribution is 2.25. The zero-order valence-corrected chi connectivity index (χ0v) is 10.5. The Kier molecular flexibility index (Phi) is 3.73. The van der Waals surface area contributed by atoms with Gasteiger partial charge in [0, 0.05) is 18.4 Å². The predicted octanol–water partition coefficient (Wildman–Crippen LogP) is 2.54. The molecule has 0 spiro atoms. The monoisotopic (exact) mass is 276 g/mol. The maximum Gasteiger partial charge on any atom is 0.425 e. The van der Waals surface area contributed by atoms with Crippen LogP contribution in [0, 0.1) is 0 Å². The van der Waals surface area contributed by atoms with Crippen LogP contribution in [0.3, 0.4) is 0 Å². The van der Waals surface area contributed by atoms with E-state index in [2.05, 4.69) is 10.1 Å². The number of hydrogen-bond acceptors (Lipinski definition) is 3. The minimum absolute atomic E-state index is 0.280. The molecule has 0 fully saturated rings. The van der Waals surface area contributed by atoms with Crippen molar-refractivity contribution in [3.8, 4) is 0 Å². The van der Waals surface area contributed by atoms with Crippen molar-refractivity contribution < 1.29 is 22.7 Å². The van der Waals surface area contributed by atoms with Crippen LogP contribution in [0.4, 0.5) is 18.0 Å². The van der Waals surface area contributed by atoms with Gasteiger partial charge in [0.25, 0.3) is 0 Å². The van der Waals surface area contributed by atoms with E-state index in [4.69, 9.17) is 0 Å². The van der Waals surface area contributed by atoms with Crippen molar-refractivity contribution in [1.82, 2.24) is 10.2 Å². The van der Waals surface area contributed by atoms with E-state index >= 15 is 0 Å². The summed E-state index contributed by atoms with van der Waals surface area (Å²) in [5.41, 5.74) is 1.98. The average Bonchev–Trinajstić information content (AvgIpc) is 2.37. The number of rotatable bonds is 1. The number of allylic oxidation sites excluding steroid dienone is 1. The largest absolute Gasteiger partial charge is 0.436 e. The number of amides is 1. The maximum absolute atomic E-state index is 12.3. The van der Waals surface area contributed by atoms with Crippen molar-refractivity contribution in [1.29, 1.82) is 0 Å². The highest BCUT2D eigenvalue weighted by atomic mass is 19.4. The Labute approximate surface area is 108 Å². The molecule has 1 amide bonds. The summed E-state index contributed by atoms with van der Waals surface area (Å²) in [5, 5.41) is 3.18. The molecule has 2 aliphatic rings. The highest BCUT2D eigenvalue weighted by molar-refractivity contribution is 5.70. The standard InChI is InChI=1S/C12H15F3N2O2/c1-8(12(13,14)15)19-11(18)17-6-4-10-9(7-17)3-2-5-16-10/h4,6,8,16H,2-3,5,7H2,1H3. The molecule has 1 unspecified atom stereocenters. The minimum atomic E-state index is -4.54. The van der Waals surface area contributed by atoms with Crippen molar-refractivity contribution >= 4 is 6.09 Å². The van der Waals surface area contributed by atoms with Crippen LogP contribution < -0.4 is 5.32 Å². The van der Waals surface area contributed by atoms with Crippen LogP contribution in [0.1, 0.15) is 19.8 Å². The average molecular weight is 276 g/mol. The smallest absolute Gasteiger partial charge is 0.425 e. The van der Waals surface area contributed by atoms with Gasteiger partial charge in [0.05, 0.1) is 6.54 Å². The van der Waals surface area contributed by atoms with Crippen LogP contribution in [0.15, 0.2) is 23.5 Å². The Morgan fingerprint density at radius 2 is 2.26 bits per heavy atom. The molecule has 1 atom stereocenters. The minimum Gasteiger partial charge on any atom is -0.436 e. The zero-order valence-electron chi connectivity index (χ0n) is 10.5. The number of carbonyl (C=O) groups is 1. The van der Waals surface area contributed by atoms with E-state index in [-0.39, 0.29) is 6.54 Å². The fourth-order valence-corrected chi connectivity index (χ4v) is 1.96. The van der Waals surface area contributed by atoms with Gasteiger partial charge in [0.15, 0.2) is 6.10 Å². The third-order valence-electron chi connectivity index (χ3n) is 3.11. The number of nitrogens with one attached hydrogen (secondary N) is 1. The molecule has 2 aliphatic heterocycles. The number of hydrogen-bond donors (Lipinski definition) is 1. The summed E-state index contributed by atoms with van der Waals surface area (Å²) in [4.78, 5) is 12.8. The second-order valence-corrected chi connectivity index (χ2v) is 4.56. The molecule has 1 N–H and O–H groups in total. The first-order valence-electron chi connectivity index (χ1n) is 6.06. The van der Waals surface area contributed by atoms with E-state index in [9.17, 15) is 18.0 Å². The molecule has 0 bridgehead atoms. The Morgan fingerprint density at radius 1 is 1.53 bits per heavy atom. The van der Waals surface area contributed by atoms with E-state index in [1.54, 1.807) is 6.08 Å². The quantitative estimate of drug-likeness (QED) is 0.800. The number of carbonyl (C=O) groups excluding carboxylic acids is 1. The Hall–Kier alpha value is -1.66. The van der Waals surface area contributed by atoms with Gasteiger partial charge < -0.3 is 10.1 Å². The molecule has 2 rings (SSSR count). The van der Waals surface area contributed by atoms with Gasteiger partial charge in [0.2, 0.25) is 0 Å². The van der Waals surface area contributed by atoms with Crippen LogP contribution >= 0.6 is 0 Å². The Balaban J connectivity index is 1.96. The van der Waals surface area contributed by atoms with E-state index in [1.807, 2.05) is 0 Å². The normalized spacial score (nSPS) is 20.7. The van der Waals surface area contributed by atoms with Gasteiger partial charge in [-0.05, 0) is 31.4 Å². The van der Waals surface area contributed by atoms with Crippen molar-refractivity contribution in [2.24, 2.45) is 0 Å². The summed E-state index contributed by atoms with van der Waals surface area (Å²) in [5.74, 6) is 0. The van der Waals surface area contributed by atoms with E-state index in [0.717, 1.165) is 42.5 Å².